The van der Waals surface area contributed by atoms with Crippen LogP contribution in [0.25, 0.3) is 235 Å². The average molecular weight is 1500 g/mol. The molecule has 0 saturated heterocycles. The van der Waals surface area contributed by atoms with Gasteiger partial charge in [0.1, 0.15) is 0 Å². The van der Waals surface area contributed by atoms with Crippen molar-refractivity contribution in [3.63, 3.8) is 0 Å². The van der Waals surface area contributed by atoms with Gasteiger partial charge in [0.15, 0.2) is 0 Å². The molecule has 115 heavy (non-hydrogen) atoms. The number of nitrogens with zero attached hydrogens (tertiary/aromatic N) is 7. The molecular formula is C106H63N7S2. The lowest BCUT2D eigenvalue weighted by atomic mass is 9.96. The monoisotopic (exact) mass is 1500 g/mol. The van der Waals surface area contributed by atoms with Crippen molar-refractivity contribution in [1.29, 1.82) is 0 Å². The minimum Gasteiger partial charge on any atom is -0.309 e. The van der Waals surface area contributed by atoms with Crippen LogP contribution in [0, 0.1) is 0 Å². The van der Waals surface area contributed by atoms with E-state index in [4.69, 9.17) is 19.9 Å². The molecule has 1 aliphatic rings. The highest BCUT2D eigenvalue weighted by Gasteiger charge is 2.24. The maximum atomic E-state index is 5.43. The molecule has 9 heteroatoms. The van der Waals surface area contributed by atoms with E-state index in [1.54, 1.807) is 0 Å². The number of aromatic nitrogens is 7. The van der Waals surface area contributed by atoms with Crippen LogP contribution in [0.5, 0.6) is 0 Å². The van der Waals surface area contributed by atoms with Crippen LogP contribution < -0.4 is 0 Å². The maximum Gasteiger partial charge on any atom is 0.235 e. The predicted octanol–water partition coefficient (Wildman–Crippen LogP) is 28.9. The van der Waals surface area contributed by atoms with E-state index in [9.17, 15) is 0 Å². The number of hydrogen-bond acceptors (Lipinski definition) is 6. The minimum atomic E-state index is 0.666. The van der Waals surface area contributed by atoms with Crippen molar-refractivity contribution in [3.05, 3.63) is 381 Å². The fourth-order valence-electron chi connectivity index (χ4n) is 18.1. The summed E-state index contributed by atoms with van der Waals surface area (Å²) >= 11 is 3.72. The zero-order chi connectivity index (χ0) is 75.3. The number of hydrogen-bond donors (Lipinski definition) is 0. The molecular weight excluding hydrogens is 1440 g/mol. The lowest BCUT2D eigenvalue weighted by molar-refractivity contribution is 1.01. The van der Waals surface area contributed by atoms with Crippen LogP contribution in [-0.2, 0) is 0 Å². The van der Waals surface area contributed by atoms with Gasteiger partial charge >= 0.3 is 0 Å². The quantitative estimate of drug-likeness (QED) is 0.144. The smallest absolute Gasteiger partial charge is 0.235 e. The van der Waals surface area contributed by atoms with Gasteiger partial charge < -0.3 is 4.57 Å². The van der Waals surface area contributed by atoms with Crippen LogP contribution >= 0.6 is 22.7 Å². The molecule has 0 N–H and O–H groups in total. The molecule has 0 aliphatic heterocycles. The number of rotatable bonds is 9. The van der Waals surface area contributed by atoms with Crippen molar-refractivity contribution in [3.8, 4) is 84.6 Å². The summed E-state index contributed by atoms with van der Waals surface area (Å²) < 4.78 is 12.1. The first kappa shape index (κ1) is 65.0. The molecule has 17 aromatic carbocycles. The summed E-state index contributed by atoms with van der Waals surface area (Å²) in [6.07, 6.45) is 4.41. The molecule has 24 aromatic rings. The van der Waals surface area contributed by atoms with Crippen molar-refractivity contribution in [2.24, 2.45) is 0 Å². The third kappa shape index (κ3) is 10.5. The van der Waals surface area contributed by atoms with Crippen LogP contribution in [0.2, 0.25) is 0 Å². The summed E-state index contributed by atoms with van der Waals surface area (Å²) in [5.41, 5.74) is 26.0. The van der Waals surface area contributed by atoms with E-state index < -0.39 is 0 Å². The van der Waals surface area contributed by atoms with Crippen molar-refractivity contribution < 1.29 is 0 Å². The first-order chi connectivity index (χ1) is 57.0. The van der Waals surface area contributed by atoms with Gasteiger partial charge in [0.05, 0.1) is 55.5 Å². The normalized spacial score (nSPS) is 12.1. The zero-order valence-corrected chi connectivity index (χ0v) is 63.5. The van der Waals surface area contributed by atoms with E-state index in [-0.39, 0.29) is 0 Å². The van der Waals surface area contributed by atoms with E-state index in [2.05, 4.69) is 384 Å². The molecule has 0 spiro atoms. The van der Waals surface area contributed by atoms with Crippen molar-refractivity contribution >= 4 is 173 Å². The van der Waals surface area contributed by atoms with Crippen LogP contribution in [0.4, 0.5) is 0 Å². The topological polar surface area (TPSA) is 66.3 Å². The van der Waals surface area contributed by atoms with E-state index in [1.165, 1.54) is 156 Å². The van der Waals surface area contributed by atoms with Gasteiger partial charge in [-0.1, -0.05) is 273 Å². The highest BCUT2D eigenvalue weighted by Crippen LogP contribution is 2.46. The fourth-order valence-corrected chi connectivity index (χ4v) is 20.3. The number of thiophene rings is 2. The van der Waals surface area contributed by atoms with Crippen molar-refractivity contribution in [1.82, 2.24) is 33.6 Å². The van der Waals surface area contributed by atoms with E-state index in [1.807, 2.05) is 34.8 Å². The summed E-state index contributed by atoms with van der Waals surface area (Å²) in [5.74, 6) is 1.34. The van der Waals surface area contributed by atoms with Crippen LogP contribution in [-0.4, -0.2) is 33.6 Å². The molecule has 7 aromatic heterocycles. The Morgan fingerprint density at radius 3 is 1.10 bits per heavy atom. The molecule has 0 bridgehead atoms. The number of para-hydroxylation sites is 6. The Labute approximate surface area is 667 Å². The zero-order valence-electron chi connectivity index (χ0n) is 61.8. The lowest BCUT2D eigenvalue weighted by Gasteiger charge is -2.14. The fraction of sp³-hybridized carbons (Fsp3) is 0. The summed E-state index contributed by atoms with van der Waals surface area (Å²) in [5, 5.41) is 17.1. The van der Waals surface area contributed by atoms with Gasteiger partial charge in [-0.2, -0.15) is 0 Å². The van der Waals surface area contributed by atoms with Crippen molar-refractivity contribution in [2.75, 3.05) is 0 Å². The number of fused-ring (bicyclic) bond motifs is 17. The van der Waals surface area contributed by atoms with Gasteiger partial charge in [-0.3, -0.25) is 9.13 Å². The third-order valence-corrected chi connectivity index (χ3v) is 25.9. The molecule has 0 atom stereocenters. The molecule has 0 saturated carbocycles. The lowest BCUT2D eigenvalue weighted by Crippen LogP contribution is -2.03. The maximum absolute atomic E-state index is 5.43. The second kappa shape index (κ2) is 25.9. The SMILES string of the molecule is C1=Cc2ccc(-c3nc(-n4c5ccccc5c5cc(-c6ccc(-c7ccc8sc9ccccc9c8c7)cc6)ccc54)nc4ccccc34)c3cccc1c23.c1ccc(-c2nc(-n3c4ccccc4c4cc(-c5ccc(-c6ccc7sc8ccc(-n9c%10ccccc%10c%10ccccc%109)cc8c7c6)cc5)ccc43)nc3ccccc23)cc1. The molecule has 534 valence electrons. The van der Waals surface area contributed by atoms with E-state index in [0.717, 1.165) is 66.4 Å². The van der Waals surface area contributed by atoms with E-state index >= 15 is 0 Å². The van der Waals surface area contributed by atoms with Gasteiger partial charge in [-0.25, -0.2) is 19.9 Å². The Bertz CT molecular complexity index is 8150. The second-order valence-corrected chi connectivity index (χ2v) is 32.1. The molecule has 0 fully saturated rings. The Morgan fingerprint density at radius 2 is 0.565 bits per heavy atom. The standard InChI is InChI=1S/C56H34N4S.C50H29N3S/c1-2-12-37(13-3-1)55-44-17-4-8-18-48(44)57-56(58-55)60-51-21-11-7-16-43(51)45-32-38(26-29-52(45)60)35-22-24-36(25-23-35)39-27-30-53-46(33-39)47-34-40(28-31-54(47)61-53)59-49-19-9-5-14-41(49)42-15-6-10-20-50(42)59;1-4-13-43-40(11-1)49(39-25-22-33-21-20-32-8-7-12-38(39)48(32)33)52-50(51-43)53-44-14-5-2-9-36(44)41-28-34(23-26-45(41)53)30-16-18-31(19-17-30)35-24-27-47-42(29-35)37-10-3-6-15-46(37)54-47/h1-34H;1-29H. The van der Waals surface area contributed by atoms with Gasteiger partial charge in [-0.05, 0) is 176 Å². The van der Waals surface area contributed by atoms with Crippen LogP contribution in [0.1, 0.15) is 11.1 Å². The highest BCUT2D eigenvalue weighted by molar-refractivity contribution is 7.26. The molecule has 1 aliphatic carbocycles. The summed E-state index contributed by atoms with van der Waals surface area (Å²) in [6.45, 7) is 0. The highest BCUT2D eigenvalue weighted by atomic mass is 32.1. The first-order valence-electron chi connectivity index (χ1n) is 39.0. The third-order valence-electron chi connectivity index (χ3n) is 23.5. The van der Waals surface area contributed by atoms with E-state index in [0.29, 0.717) is 11.9 Å². The first-order valence-corrected chi connectivity index (χ1v) is 40.6. The summed E-state index contributed by atoms with van der Waals surface area (Å²) in [7, 11) is 0. The predicted molar refractivity (Wildman–Crippen MR) is 487 cm³/mol. The van der Waals surface area contributed by atoms with Gasteiger partial charge in [0, 0.05) is 100 Å². The molecule has 0 unspecified atom stereocenters. The van der Waals surface area contributed by atoms with Gasteiger partial charge in [-0.15, -0.1) is 22.7 Å². The Kier molecular flexibility index (Phi) is 14.7. The van der Waals surface area contributed by atoms with Crippen molar-refractivity contribution in [2.45, 2.75) is 0 Å². The molecule has 7 nitrogen and oxygen atoms in total. The Balaban J connectivity index is 0.000000133. The van der Waals surface area contributed by atoms with Gasteiger partial charge in [0.2, 0.25) is 11.9 Å². The minimum absolute atomic E-state index is 0.666. The average Bonchev–Trinajstić information content (AvgIpc) is 1.61. The Morgan fingerprint density at radius 1 is 0.200 bits per heavy atom. The van der Waals surface area contributed by atoms with Gasteiger partial charge in [0.25, 0.3) is 0 Å². The van der Waals surface area contributed by atoms with Crippen LogP contribution in [0.3, 0.4) is 0 Å². The molecule has 7 heterocycles. The number of benzene rings is 17. The molecule has 0 radical (unpaired) electrons. The molecule has 0 amide bonds. The summed E-state index contributed by atoms with van der Waals surface area (Å²) in [4.78, 5) is 21.0. The summed E-state index contributed by atoms with van der Waals surface area (Å²) in [6, 6.07) is 134. The largest absolute Gasteiger partial charge is 0.309 e. The second-order valence-electron chi connectivity index (χ2n) is 29.9. The van der Waals surface area contributed by atoms with Crippen LogP contribution in [0.15, 0.2) is 370 Å². The molecule has 25 rings (SSSR count). The Hall–Kier alpha value is -14.7.